The Morgan fingerprint density at radius 1 is 0.562 bits per heavy atom. The summed E-state index contributed by atoms with van der Waals surface area (Å²) < 4.78 is 32.4. The maximum atomic E-state index is 12.6. The minimum atomic E-state index is -4.43. The average Bonchev–Trinajstić information content (AvgIpc) is 3.05. The zero-order valence-electron chi connectivity index (χ0n) is 31.5. The molecule has 0 aliphatic rings. The predicted molar refractivity (Wildman–Crippen MR) is 204 cm³/mol. The molecule has 48 heavy (non-hydrogen) atoms. The van der Waals surface area contributed by atoms with Crippen molar-refractivity contribution in [3.05, 3.63) is 12.2 Å². The van der Waals surface area contributed by atoms with Gasteiger partial charge in [-0.15, -0.1) is 0 Å². The Labute approximate surface area is 297 Å². The summed E-state index contributed by atoms with van der Waals surface area (Å²) >= 11 is 0. The molecule has 1 amide bonds. The normalized spacial score (nSPS) is 14.0. The van der Waals surface area contributed by atoms with Crippen LogP contribution in [0.25, 0.3) is 0 Å². The van der Waals surface area contributed by atoms with E-state index in [0.29, 0.717) is 6.42 Å². The summed E-state index contributed by atoms with van der Waals surface area (Å²) in [4.78, 5) is 12.6. The second-order valence-corrected chi connectivity index (χ2v) is 15.9. The molecule has 0 fully saturated rings. The number of rotatable bonds is 37. The van der Waals surface area contributed by atoms with Gasteiger partial charge in [-0.3, -0.25) is 9.35 Å². The van der Waals surface area contributed by atoms with Crippen molar-refractivity contribution in [2.24, 2.45) is 0 Å². The highest BCUT2D eigenvalue weighted by atomic mass is 32.2. The van der Waals surface area contributed by atoms with Gasteiger partial charge in [0.15, 0.2) is 0 Å². The lowest BCUT2D eigenvalue weighted by Crippen LogP contribution is -2.50. The van der Waals surface area contributed by atoms with Crippen molar-refractivity contribution in [3.63, 3.8) is 0 Å². The molecule has 0 heterocycles. The van der Waals surface area contributed by atoms with Crippen molar-refractivity contribution < 1.29 is 28.0 Å². The van der Waals surface area contributed by atoms with E-state index in [1.807, 2.05) is 0 Å². The maximum absolute atomic E-state index is 12.6. The SMILES string of the molecule is CCCCCCCCCC/C=C/C(O)C(CS(=O)(=O)O)NC(=O)C(O)CCCCCCCCCCCCCCCCCCCCCCC. The van der Waals surface area contributed by atoms with Gasteiger partial charge in [0.2, 0.25) is 5.91 Å². The van der Waals surface area contributed by atoms with Crippen LogP contribution in [0.2, 0.25) is 0 Å². The number of unbranched alkanes of at least 4 members (excludes halogenated alkanes) is 28. The molecule has 0 rings (SSSR count). The third-order valence-electron chi connectivity index (χ3n) is 9.57. The van der Waals surface area contributed by atoms with E-state index in [2.05, 4.69) is 19.2 Å². The number of nitrogens with one attached hydrogen (secondary N) is 1. The molecule has 4 N–H and O–H groups in total. The Morgan fingerprint density at radius 3 is 1.25 bits per heavy atom. The smallest absolute Gasteiger partial charge is 0.267 e. The third kappa shape index (κ3) is 33.5. The first kappa shape index (κ1) is 47.0. The molecule has 3 unspecified atom stereocenters. The molecule has 0 aromatic carbocycles. The van der Waals surface area contributed by atoms with E-state index in [9.17, 15) is 28.0 Å². The van der Waals surface area contributed by atoms with Gasteiger partial charge in [0, 0.05) is 0 Å². The van der Waals surface area contributed by atoms with Gasteiger partial charge in [-0.05, 0) is 19.3 Å². The molecule has 0 radical (unpaired) electrons. The Bertz CT molecular complexity index is 834. The monoisotopic (exact) mass is 702 g/mol. The lowest BCUT2D eigenvalue weighted by molar-refractivity contribution is -0.130. The van der Waals surface area contributed by atoms with Crippen molar-refractivity contribution in [2.45, 2.75) is 231 Å². The molecular formula is C40H79NO6S. The number of hydrogen-bond donors (Lipinski definition) is 4. The van der Waals surface area contributed by atoms with E-state index >= 15 is 0 Å². The van der Waals surface area contributed by atoms with Crippen LogP contribution in [0.5, 0.6) is 0 Å². The fourth-order valence-corrected chi connectivity index (χ4v) is 7.13. The number of aliphatic hydroxyl groups is 2. The zero-order valence-corrected chi connectivity index (χ0v) is 32.3. The number of carbonyl (C=O) groups is 1. The van der Waals surface area contributed by atoms with Crippen LogP contribution >= 0.6 is 0 Å². The van der Waals surface area contributed by atoms with E-state index in [1.165, 1.54) is 154 Å². The number of allylic oxidation sites excluding steroid dienone is 1. The van der Waals surface area contributed by atoms with Crippen LogP contribution < -0.4 is 5.32 Å². The standard InChI is InChI=1S/C40H79NO6S/c1-3-5-7-9-11-13-15-16-17-18-19-20-21-22-23-24-25-27-29-31-33-35-39(43)40(44)41-37(36-48(45,46)47)38(42)34-32-30-28-26-14-12-10-8-6-4-2/h32,34,37-39,42-43H,3-31,33,35-36H2,1-2H3,(H,41,44)(H,45,46,47)/b34-32+. The predicted octanol–water partition coefficient (Wildman–Crippen LogP) is 10.8. The Hall–Kier alpha value is -0.960. The largest absolute Gasteiger partial charge is 0.387 e. The highest BCUT2D eigenvalue weighted by molar-refractivity contribution is 7.85. The van der Waals surface area contributed by atoms with Crippen LogP contribution in [0.1, 0.15) is 213 Å². The van der Waals surface area contributed by atoms with Crippen molar-refractivity contribution >= 4 is 16.0 Å². The summed E-state index contributed by atoms with van der Waals surface area (Å²) in [5.74, 6) is -1.53. The van der Waals surface area contributed by atoms with Gasteiger partial charge in [0.1, 0.15) is 6.10 Å². The van der Waals surface area contributed by atoms with Crippen molar-refractivity contribution in [3.8, 4) is 0 Å². The van der Waals surface area contributed by atoms with Gasteiger partial charge < -0.3 is 15.5 Å². The van der Waals surface area contributed by atoms with E-state index in [0.717, 1.165) is 38.5 Å². The van der Waals surface area contributed by atoms with Gasteiger partial charge in [0.25, 0.3) is 10.1 Å². The second-order valence-electron chi connectivity index (χ2n) is 14.4. The number of amides is 1. The van der Waals surface area contributed by atoms with Gasteiger partial charge in [-0.2, -0.15) is 8.42 Å². The first-order valence-corrected chi connectivity index (χ1v) is 22.1. The van der Waals surface area contributed by atoms with Crippen LogP contribution in [0.4, 0.5) is 0 Å². The second kappa shape index (κ2) is 34.5. The summed E-state index contributed by atoms with van der Waals surface area (Å²) in [6.45, 7) is 4.48. The molecule has 8 heteroatoms. The third-order valence-corrected chi connectivity index (χ3v) is 10.4. The van der Waals surface area contributed by atoms with Crippen LogP contribution in [-0.4, -0.2) is 53.1 Å². The highest BCUT2D eigenvalue weighted by Crippen LogP contribution is 2.16. The number of hydrogen-bond acceptors (Lipinski definition) is 5. The average molecular weight is 702 g/mol. The van der Waals surface area contributed by atoms with E-state index in [4.69, 9.17) is 0 Å². The van der Waals surface area contributed by atoms with Crippen LogP contribution in [0, 0.1) is 0 Å². The zero-order chi connectivity index (χ0) is 35.6. The minimum Gasteiger partial charge on any atom is -0.387 e. The molecule has 0 aromatic rings. The first-order chi connectivity index (χ1) is 23.2. The highest BCUT2D eigenvalue weighted by Gasteiger charge is 2.27. The topological polar surface area (TPSA) is 124 Å². The fraction of sp³-hybridized carbons (Fsp3) is 0.925. The molecule has 0 bridgehead atoms. The molecule has 0 aromatic heterocycles. The van der Waals surface area contributed by atoms with Crippen molar-refractivity contribution in [2.75, 3.05) is 5.75 Å². The summed E-state index contributed by atoms with van der Waals surface area (Å²) in [5.41, 5.74) is 0. The minimum absolute atomic E-state index is 0.286. The Balaban J connectivity index is 3.89. The molecule has 0 aliphatic heterocycles. The van der Waals surface area contributed by atoms with Gasteiger partial charge in [-0.1, -0.05) is 206 Å². The lowest BCUT2D eigenvalue weighted by Gasteiger charge is -2.22. The lowest BCUT2D eigenvalue weighted by atomic mass is 10.0. The first-order valence-electron chi connectivity index (χ1n) is 20.5. The van der Waals surface area contributed by atoms with Crippen molar-refractivity contribution in [1.29, 1.82) is 0 Å². The molecule has 7 nitrogen and oxygen atoms in total. The molecule has 3 atom stereocenters. The van der Waals surface area contributed by atoms with E-state index < -0.39 is 40.0 Å². The van der Waals surface area contributed by atoms with Gasteiger partial charge in [0.05, 0.1) is 17.9 Å². The summed E-state index contributed by atoms with van der Waals surface area (Å²) in [7, 11) is -4.43. The molecule has 0 saturated heterocycles. The van der Waals surface area contributed by atoms with Crippen LogP contribution in [-0.2, 0) is 14.9 Å². The van der Waals surface area contributed by atoms with Crippen molar-refractivity contribution in [1.82, 2.24) is 5.32 Å². The quantitative estimate of drug-likeness (QED) is 0.0290. The summed E-state index contributed by atoms with van der Waals surface area (Å²) in [6, 6.07) is -1.23. The summed E-state index contributed by atoms with van der Waals surface area (Å²) in [6.07, 6.45) is 38.5. The van der Waals surface area contributed by atoms with Gasteiger partial charge >= 0.3 is 0 Å². The van der Waals surface area contributed by atoms with Crippen LogP contribution in [0.3, 0.4) is 0 Å². The molecular weight excluding hydrogens is 623 g/mol. The Morgan fingerprint density at radius 2 is 0.896 bits per heavy atom. The molecule has 286 valence electrons. The van der Waals surface area contributed by atoms with Crippen LogP contribution in [0.15, 0.2) is 12.2 Å². The summed E-state index contributed by atoms with van der Waals surface area (Å²) in [5, 5.41) is 23.3. The molecule has 0 aliphatic carbocycles. The van der Waals surface area contributed by atoms with Gasteiger partial charge in [-0.25, -0.2) is 0 Å². The fourth-order valence-electron chi connectivity index (χ4n) is 6.40. The Kier molecular flexibility index (Phi) is 33.8. The molecule has 0 saturated carbocycles. The van der Waals surface area contributed by atoms with E-state index in [-0.39, 0.29) is 6.42 Å². The van der Waals surface area contributed by atoms with E-state index in [1.54, 1.807) is 6.08 Å². The maximum Gasteiger partial charge on any atom is 0.267 e. The molecule has 0 spiro atoms. The number of carbonyl (C=O) groups excluding carboxylic acids is 1. The number of aliphatic hydroxyl groups excluding tert-OH is 2.